The summed E-state index contributed by atoms with van der Waals surface area (Å²) in [5.74, 6) is -4.48. The van der Waals surface area contributed by atoms with Crippen molar-refractivity contribution in [2.45, 2.75) is 248 Å². The third-order valence-electron chi connectivity index (χ3n) is 19.4. The fourth-order valence-electron chi connectivity index (χ4n) is 13.5. The Kier molecular flexibility index (Phi) is 47.7. The second kappa shape index (κ2) is 56.0. The second-order valence-corrected chi connectivity index (χ2v) is 32.6. The fourth-order valence-corrected chi connectivity index (χ4v) is 13.5. The number of hydrogen-bond donors (Lipinski definition) is 11. The molecule has 0 spiro atoms. The number of aliphatic hydroxyl groups is 1. The van der Waals surface area contributed by atoms with Gasteiger partial charge in [-0.15, -0.1) is 0 Å². The number of piperidine rings is 4. The minimum Gasteiger partial charge on any atom is -0.480 e. The average Bonchev–Trinajstić information content (AvgIpc) is 1.76. The highest BCUT2D eigenvalue weighted by molar-refractivity contribution is 5.92. The lowest BCUT2D eigenvalue weighted by atomic mass is 9.94. The van der Waals surface area contributed by atoms with Gasteiger partial charge in [0.15, 0.2) is 0 Å². The number of carbonyl (C=O) groups excluding carboxylic acids is 13. The van der Waals surface area contributed by atoms with Gasteiger partial charge < -0.3 is 115 Å². The Morgan fingerprint density at radius 1 is 0.449 bits per heavy atom. The van der Waals surface area contributed by atoms with Crippen LogP contribution in [0, 0.1) is 0 Å². The van der Waals surface area contributed by atoms with E-state index in [0.717, 1.165) is 48.8 Å². The van der Waals surface area contributed by atoms with Gasteiger partial charge in [0.2, 0.25) is 17.7 Å². The van der Waals surface area contributed by atoms with E-state index >= 15 is 0 Å². The summed E-state index contributed by atoms with van der Waals surface area (Å²) in [6.07, 6.45) is 3.37. The number of methoxy groups -OCH3 is 4. The number of rotatable bonds is 29. The summed E-state index contributed by atoms with van der Waals surface area (Å²) in [6.45, 7) is 15.4. The van der Waals surface area contributed by atoms with E-state index < -0.39 is 137 Å². The van der Waals surface area contributed by atoms with Crippen LogP contribution in [0.15, 0.2) is 91.0 Å². The Morgan fingerprint density at radius 3 is 1.20 bits per heavy atom. The maximum absolute atomic E-state index is 13.8. The standard InChI is InChI=1S/C25H37N3O9.C24H35N3O8.C16H22N2O6.C11H19N3O3.C9H17NO4/c1-25(2,3)37-24(32)27-19(14-26-23(31)35-15-17-10-7-6-8-11-17)21(29)28-18(16-36-34-5)12-9-13-20(28)22(30)33-4;1-24(2,3)35-23(32)26-18(13-25-22(31)34-15-16-9-6-5-7-10-16)20(29)27-17(14-28)11-8-12-19(27)21(30)33-4;1-16(2,3)24-15(22)18-12(13(19)20)9-17-14(21)23-10-11-7-5-4-6-8-11;1-17-11(16)9-4-2-3-7-5-13-6-8(12)10(15)14(7)9;1-12-9(11)8-5-3-4-7(10-8)6-14-13-2/h6-8,10-11,18-20H,9,12-16H2,1-5H3,(H,26,31)(H,27,32);5-7,9-10,17-19,28H,8,11-15H2,1-4H3,(H,25,31)(H,26,32);4-8,12H,9-10H2,1-3H3,(H,17,21)(H,18,22)(H,19,20);7-9,13H,2-6,12H2,1H3;7-8,10H,3-6H2,1-2H3/t18?,19-,20-;17-,18+,19+;12-;7-,8?,9+;/m0101./s1. The van der Waals surface area contributed by atoms with Crippen LogP contribution < -0.4 is 48.3 Å². The molecule has 5 aliphatic rings. The van der Waals surface area contributed by atoms with Gasteiger partial charge in [0.05, 0.1) is 93.6 Å². The number of alkyl carbamates (subject to hydrolysis) is 6. The van der Waals surface area contributed by atoms with Crippen molar-refractivity contribution in [1.82, 2.24) is 57.2 Å². The molecule has 0 saturated carbocycles. The zero-order valence-electron chi connectivity index (χ0n) is 75.1. The third kappa shape index (κ3) is 40.5. The highest BCUT2D eigenvalue weighted by Crippen LogP contribution is 2.29. The van der Waals surface area contributed by atoms with Gasteiger partial charge in [-0.1, -0.05) is 91.0 Å². The summed E-state index contributed by atoms with van der Waals surface area (Å²) >= 11 is 0. The number of esters is 4. The Bertz CT molecular complexity index is 3930. The quantitative estimate of drug-likeness (QED) is 0.0188. The number of aliphatic carboxylic acids is 1. The Morgan fingerprint density at radius 2 is 0.811 bits per heavy atom. The maximum atomic E-state index is 13.8. The molecule has 8 rings (SSSR count). The molecular formula is C85H130N12O30. The lowest BCUT2D eigenvalue weighted by Gasteiger charge is -2.41. The van der Waals surface area contributed by atoms with Crippen molar-refractivity contribution in [3.63, 3.8) is 0 Å². The van der Waals surface area contributed by atoms with Gasteiger partial charge in [0.25, 0.3) is 0 Å². The van der Waals surface area contributed by atoms with Crippen molar-refractivity contribution >= 4 is 84.1 Å². The van der Waals surface area contributed by atoms with Gasteiger partial charge in [-0.3, -0.25) is 24.5 Å². The molecule has 0 bridgehead atoms. The molecule has 127 heavy (non-hydrogen) atoms. The molecule has 5 fully saturated rings. The first-order valence-corrected chi connectivity index (χ1v) is 41.7. The predicted octanol–water partition coefficient (Wildman–Crippen LogP) is 5.01. The van der Waals surface area contributed by atoms with Crippen molar-refractivity contribution in [3.05, 3.63) is 108 Å². The number of nitrogens with two attached hydrogens (primary N) is 1. The molecule has 710 valence electrons. The number of ether oxygens (including phenoxy) is 10. The van der Waals surface area contributed by atoms with E-state index in [1.54, 1.807) is 104 Å². The van der Waals surface area contributed by atoms with Gasteiger partial charge in [-0.05, 0) is 156 Å². The van der Waals surface area contributed by atoms with Gasteiger partial charge >= 0.3 is 66.4 Å². The van der Waals surface area contributed by atoms with E-state index in [-0.39, 0.29) is 88.6 Å². The van der Waals surface area contributed by atoms with E-state index in [2.05, 4.69) is 52.2 Å². The molecule has 12 atom stereocenters. The van der Waals surface area contributed by atoms with Crippen LogP contribution in [0.1, 0.15) is 156 Å². The number of benzene rings is 3. The van der Waals surface area contributed by atoms with E-state index in [4.69, 9.17) is 68.1 Å². The van der Waals surface area contributed by atoms with Crippen LogP contribution in [0.3, 0.4) is 0 Å². The van der Waals surface area contributed by atoms with Crippen LogP contribution in [0.5, 0.6) is 0 Å². The lowest BCUT2D eigenvalue weighted by molar-refractivity contribution is -0.281. The molecule has 3 aromatic rings. The van der Waals surface area contributed by atoms with Crippen LogP contribution >= 0.6 is 0 Å². The topological polar surface area (TPSA) is 541 Å². The van der Waals surface area contributed by atoms with Gasteiger partial charge in [0.1, 0.15) is 85.5 Å². The van der Waals surface area contributed by atoms with E-state index in [1.807, 2.05) is 54.6 Å². The van der Waals surface area contributed by atoms with Crippen LogP contribution in [-0.4, -0.2) is 294 Å². The van der Waals surface area contributed by atoms with Crippen molar-refractivity contribution in [2.75, 3.05) is 95.2 Å². The molecule has 4 unspecified atom stereocenters. The number of hydrogen-bond acceptors (Lipinski definition) is 32. The van der Waals surface area contributed by atoms with Crippen molar-refractivity contribution in [3.8, 4) is 0 Å². The summed E-state index contributed by atoms with van der Waals surface area (Å²) in [6, 6.07) is 19.3. The second-order valence-electron chi connectivity index (χ2n) is 32.6. The number of nitrogens with zero attached hydrogens (tertiary/aromatic N) is 3. The average molecular weight is 1800 g/mol. The highest BCUT2D eigenvalue weighted by atomic mass is 17.2. The van der Waals surface area contributed by atoms with Gasteiger partial charge in [-0.2, -0.15) is 0 Å². The largest absolute Gasteiger partial charge is 0.480 e. The lowest BCUT2D eigenvalue weighted by Crippen LogP contribution is -2.62. The first kappa shape index (κ1) is 108. The fraction of sp³-hybridized carbons (Fsp3) is 0.624. The minimum absolute atomic E-state index is 0.00143. The summed E-state index contributed by atoms with van der Waals surface area (Å²) in [5, 5.41) is 39.7. The summed E-state index contributed by atoms with van der Waals surface area (Å²) in [7, 11) is 8.02. The molecule has 5 heterocycles. The Labute approximate surface area is 739 Å². The number of carbonyl (C=O) groups is 14. The number of nitrogens with one attached hydrogen (secondary N) is 8. The normalized spacial score (nSPS) is 20.3. The molecule has 5 aliphatic heterocycles. The summed E-state index contributed by atoms with van der Waals surface area (Å²) in [4.78, 5) is 194. The first-order chi connectivity index (χ1) is 60.2. The number of carboxylic acids is 1. The van der Waals surface area contributed by atoms with E-state index in [0.29, 0.717) is 64.6 Å². The monoisotopic (exact) mass is 1800 g/mol. The number of amides is 9. The zero-order valence-corrected chi connectivity index (χ0v) is 75.1. The number of fused-ring (bicyclic) bond motifs is 1. The van der Waals surface area contributed by atoms with E-state index in [1.165, 1.54) is 52.5 Å². The SMILES string of the molecule is CC(C)(C)OC(=O)N[C@@H](CNC(=O)OCc1ccccc1)C(=O)O.COC(=O)[C@@H]1CCC[C@@H]2CNCC(N)C(=O)N21.COC(=O)[C@@H]1CCC[C@H](CO)N1C(=O)[C@H](CNC(=O)OCc1ccccc1)NC(=O)OC(C)(C)C.COOCC1CCCC(C(=O)OC)N1.COOCC1CCC[C@@H](C(=O)OC)N1C(=O)[C@H](CNC(=O)OCc1ccccc1)NC(=O)OC(C)(C)C. The molecule has 0 aromatic heterocycles. The van der Waals surface area contributed by atoms with Crippen LogP contribution in [-0.2, 0) is 125 Å². The number of likely N-dealkylation sites (tertiary alicyclic amines) is 2. The summed E-state index contributed by atoms with van der Waals surface area (Å²) < 4.78 is 50.1. The molecule has 3 aromatic carbocycles. The van der Waals surface area contributed by atoms with Gasteiger partial charge in [0, 0.05) is 25.2 Å². The van der Waals surface area contributed by atoms with Crippen LogP contribution in [0.2, 0.25) is 0 Å². The Hall–Kier alpha value is -11.3. The van der Waals surface area contributed by atoms with Crippen molar-refractivity contribution < 1.29 is 144 Å². The molecule has 42 heteroatoms. The molecular weight excluding hydrogens is 1670 g/mol. The first-order valence-electron chi connectivity index (χ1n) is 41.7. The highest BCUT2D eigenvalue weighted by Gasteiger charge is 2.46. The van der Waals surface area contributed by atoms with Crippen LogP contribution in [0.25, 0.3) is 0 Å². The van der Waals surface area contributed by atoms with Crippen molar-refractivity contribution in [2.24, 2.45) is 5.73 Å². The van der Waals surface area contributed by atoms with Crippen LogP contribution in [0.4, 0.5) is 28.8 Å². The molecule has 9 amide bonds. The predicted molar refractivity (Wildman–Crippen MR) is 452 cm³/mol. The number of carboxylic acid groups (broad SMARTS) is 1. The molecule has 0 radical (unpaired) electrons. The van der Waals surface area contributed by atoms with E-state index in [9.17, 15) is 72.2 Å². The summed E-state index contributed by atoms with van der Waals surface area (Å²) in [5.41, 5.74) is 5.74. The third-order valence-corrected chi connectivity index (χ3v) is 19.4. The number of aliphatic hydroxyl groups excluding tert-OH is 1. The molecule has 42 nitrogen and oxygen atoms in total. The molecule has 0 aliphatic carbocycles. The molecule has 5 saturated heterocycles. The zero-order chi connectivity index (χ0) is 94.4. The maximum Gasteiger partial charge on any atom is 0.408 e. The van der Waals surface area contributed by atoms with Gasteiger partial charge in [-0.25, -0.2) is 67.5 Å². The van der Waals surface area contributed by atoms with Crippen molar-refractivity contribution in [1.29, 1.82) is 0 Å². The molecule has 12 N–H and O–H groups in total. The Balaban J connectivity index is 0.000000347. The minimum atomic E-state index is -1.33. The smallest absolute Gasteiger partial charge is 0.408 e.